The lowest BCUT2D eigenvalue weighted by molar-refractivity contribution is 0.0697. The molecular formula is C11H6Cl2O2. The molecule has 4 heteroatoms. The van der Waals surface area contributed by atoms with Crippen LogP contribution in [0.2, 0.25) is 10.0 Å². The van der Waals surface area contributed by atoms with Gasteiger partial charge >= 0.3 is 5.97 Å². The molecule has 0 bridgehead atoms. The number of carboxylic acids is 1. The first-order valence-electron chi connectivity index (χ1n) is 4.20. The van der Waals surface area contributed by atoms with Crippen molar-refractivity contribution in [1.29, 1.82) is 0 Å². The molecule has 0 saturated heterocycles. The standard InChI is InChI=1S/C11H6Cl2O2/c12-8-3-1-2-6-4-7(11(14)15)5-9(13)10(6)8/h1-5H,(H,14,15). The average Bonchev–Trinajstić information content (AvgIpc) is 2.17. The molecule has 0 aliphatic carbocycles. The molecule has 15 heavy (non-hydrogen) atoms. The maximum absolute atomic E-state index is 10.8. The molecular weight excluding hydrogens is 235 g/mol. The van der Waals surface area contributed by atoms with Gasteiger partial charge in [0, 0.05) is 10.4 Å². The van der Waals surface area contributed by atoms with E-state index in [1.165, 1.54) is 6.07 Å². The van der Waals surface area contributed by atoms with Gasteiger partial charge in [-0.05, 0) is 23.6 Å². The van der Waals surface area contributed by atoms with Crippen molar-refractivity contribution in [1.82, 2.24) is 0 Å². The second kappa shape index (κ2) is 3.72. The predicted octanol–water partition coefficient (Wildman–Crippen LogP) is 3.84. The number of hydrogen-bond donors (Lipinski definition) is 1. The Balaban J connectivity index is 2.84. The van der Waals surface area contributed by atoms with E-state index in [2.05, 4.69) is 0 Å². The molecule has 2 aromatic carbocycles. The van der Waals surface area contributed by atoms with Crippen molar-refractivity contribution in [2.45, 2.75) is 0 Å². The number of hydrogen-bond acceptors (Lipinski definition) is 1. The number of benzene rings is 2. The summed E-state index contributed by atoms with van der Waals surface area (Å²) in [5.74, 6) is -1.00. The Hall–Kier alpha value is -1.25. The van der Waals surface area contributed by atoms with E-state index in [9.17, 15) is 4.79 Å². The molecule has 0 saturated carbocycles. The van der Waals surface area contributed by atoms with Crippen molar-refractivity contribution < 1.29 is 9.90 Å². The zero-order valence-electron chi connectivity index (χ0n) is 7.50. The maximum Gasteiger partial charge on any atom is 0.335 e. The van der Waals surface area contributed by atoms with Gasteiger partial charge < -0.3 is 5.11 Å². The minimum absolute atomic E-state index is 0.162. The fourth-order valence-corrected chi connectivity index (χ4v) is 2.11. The Morgan fingerprint density at radius 3 is 2.53 bits per heavy atom. The smallest absolute Gasteiger partial charge is 0.335 e. The third kappa shape index (κ3) is 1.78. The Bertz CT molecular complexity index is 550. The van der Waals surface area contributed by atoms with Gasteiger partial charge in [-0.15, -0.1) is 0 Å². The third-order valence-corrected chi connectivity index (χ3v) is 2.74. The molecule has 76 valence electrons. The molecule has 0 unspecified atom stereocenters. The second-order valence-corrected chi connectivity index (χ2v) is 3.92. The molecule has 0 radical (unpaired) electrons. The molecule has 0 aliphatic heterocycles. The Labute approximate surface area is 96.0 Å². The van der Waals surface area contributed by atoms with Crippen LogP contribution < -0.4 is 0 Å². The van der Waals surface area contributed by atoms with Crippen LogP contribution in [0.15, 0.2) is 30.3 Å². The summed E-state index contributed by atoms with van der Waals surface area (Å²) < 4.78 is 0. The molecule has 0 fully saturated rings. The molecule has 0 spiro atoms. The summed E-state index contributed by atoms with van der Waals surface area (Å²) in [6.07, 6.45) is 0. The van der Waals surface area contributed by atoms with Crippen LogP contribution in [0.1, 0.15) is 10.4 Å². The highest BCUT2D eigenvalue weighted by atomic mass is 35.5. The predicted molar refractivity (Wildman–Crippen MR) is 60.9 cm³/mol. The van der Waals surface area contributed by atoms with E-state index in [0.29, 0.717) is 15.4 Å². The zero-order chi connectivity index (χ0) is 11.0. The van der Waals surface area contributed by atoms with E-state index >= 15 is 0 Å². The normalized spacial score (nSPS) is 10.5. The zero-order valence-corrected chi connectivity index (χ0v) is 9.01. The fraction of sp³-hybridized carbons (Fsp3) is 0. The topological polar surface area (TPSA) is 37.3 Å². The fourth-order valence-electron chi connectivity index (χ4n) is 1.45. The lowest BCUT2D eigenvalue weighted by Crippen LogP contribution is -1.95. The summed E-state index contributed by atoms with van der Waals surface area (Å²) in [7, 11) is 0. The Kier molecular flexibility index (Phi) is 2.55. The van der Waals surface area contributed by atoms with E-state index in [1.54, 1.807) is 24.3 Å². The lowest BCUT2D eigenvalue weighted by Gasteiger charge is -2.04. The minimum Gasteiger partial charge on any atom is -0.478 e. The molecule has 0 aliphatic rings. The summed E-state index contributed by atoms with van der Waals surface area (Å²) in [6, 6.07) is 8.20. The van der Waals surface area contributed by atoms with E-state index in [4.69, 9.17) is 28.3 Å². The summed E-state index contributed by atoms with van der Waals surface area (Å²) in [5, 5.41) is 11.1. The highest BCUT2D eigenvalue weighted by Crippen LogP contribution is 2.31. The van der Waals surface area contributed by atoms with E-state index in [1.807, 2.05) is 0 Å². The first kappa shape index (κ1) is 10.3. The van der Waals surface area contributed by atoms with Crippen LogP contribution in [-0.4, -0.2) is 11.1 Å². The summed E-state index contributed by atoms with van der Waals surface area (Å²) in [6.45, 7) is 0. The van der Waals surface area contributed by atoms with Crippen LogP contribution in [0, 0.1) is 0 Å². The molecule has 2 rings (SSSR count). The largest absolute Gasteiger partial charge is 0.478 e. The summed E-state index contributed by atoms with van der Waals surface area (Å²) >= 11 is 11.9. The van der Waals surface area contributed by atoms with Gasteiger partial charge in [-0.3, -0.25) is 0 Å². The summed E-state index contributed by atoms with van der Waals surface area (Å²) in [5.41, 5.74) is 0.162. The maximum atomic E-state index is 10.8. The average molecular weight is 241 g/mol. The lowest BCUT2D eigenvalue weighted by atomic mass is 10.1. The van der Waals surface area contributed by atoms with Crippen molar-refractivity contribution in [3.05, 3.63) is 45.9 Å². The monoisotopic (exact) mass is 240 g/mol. The number of carbonyl (C=O) groups is 1. The highest BCUT2D eigenvalue weighted by molar-refractivity contribution is 6.42. The number of carboxylic acid groups (broad SMARTS) is 1. The molecule has 0 amide bonds. The summed E-state index contributed by atoms with van der Waals surface area (Å²) in [4.78, 5) is 10.8. The van der Waals surface area contributed by atoms with Gasteiger partial charge in [-0.2, -0.15) is 0 Å². The highest BCUT2D eigenvalue weighted by Gasteiger charge is 2.09. The number of aromatic carboxylic acids is 1. The number of halogens is 2. The van der Waals surface area contributed by atoms with Crippen LogP contribution >= 0.6 is 23.2 Å². The molecule has 0 aromatic heterocycles. The minimum atomic E-state index is -1.00. The quantitative estimate of drug-likeness (QED) is 0.823. The van der Waals surface area contributed by atoms with Gasteiger partial charge in [-0.1, -0.05) is 35.3 Å². The first-order chi connectivity index (χ1) is 7.09. The van der Waals surface area contributed by atoms with Crippen LogP contribution in [0.25, 0.3) is 10.8 Å². The van der Waals surface area contributed by atoms with Crippen LogP contribution in [0.3, 0.4) is 0 Å². The van der Waals surface area contributed by atoms with E-state index in [-0.39, 0.29) is 5.56 Å². The van der Waals surface area contributed by atoms with Gasteiger partial charge in [-0.25, -0.2) is 4.79 Å². The Morgan fingerprint density at radius 1 is 1.13 bits per heavy atom. The third-order valence-electron chi connectivity index (χ3n) is 2.12. The van der Waals surface area contributed by atoms with Crippen LogP contribution in [-0.2, 0) is 0 Å². The molecule has 2 aromatic rings. The number of fused-ring (bicyclic) bond motifs is 1. The van der Waals surface area contributed by atoms with Crippen molar-refractivity contribution >= 4 is 39.9 Å². The van der Waals surface area contributed by atoms with Crippen molar-refractivity contribution in [3.8, 4) is 0 Å². The first-order valence-corrected chi connectivity index (χ1v) is 4.96. The van der Waals surface area contributed by atoms with E-state index < -0.39 is 5.97 Å². The van der Waals surface area contributed by atoms with Crippen LogP contribution in [0.5, 0.6) is 0 Å². The van der Waals surface area contributed by atoms with Crippen molar-refractivity contribution in [2.24, 2.45) is 0 Å². The Morgan fingerprint density at radius 2 is 1.87 bits per heavy atom. The van der Waals surface area contributed by atoms with E-state index in [0.717, 1.165) is 5.39 Å². The van der Waals surface area contributed by atoms with Gasteiger partial charge in [0.1, 0.15) is 0 Å². The van der Waals surface area contributed by atoms with Gasteiger partial charge in [0.05, 0.1) is 10.6 Å². The molecule has 1 N–H and O–H groups in total. The SMILES string of the molecule is O=C(O)c1cc(Cl)c2c(Cl)cccc2c1. The molecule has 0 heterocycles. The molecule has 0 atom stereocenters. The van der Waals surface area contributed by atoms with Crippen molar-refractivity contribution in [3.63, 3.8) is 0 Å². The van der Waals surface area contributed by atoms with Gasteiger partial charge in [0.2, 0.25) is 0 Å². The van der Waals surface area contributed by atoms with Crippen LogP contribution in [0.4, 0.5) is 0 Å². The van der Waals surface area contributed by atoms with Gasteiger partial charge in [0.25, 0.3) is 0 Å². The second-order valence-electron chi connectivity index (χ2n) is 3.10. The van der Waals surface area contributed by atoms with Crippen molar-refractivity contribution in [2.75, 3.05) is 0 Å². The van der Waals surface area contributed by atoms with Gasteiger partial charge in [0.15, 0.2) is 0 Å². The molecule has 2 nitrogen and oxygen atoms in total. The number of rotatable bonds is 1.